The summed E-state index contributed by atoms with van der Waals surface area (Å²) < 4.78 is 0. The normalized spacial score (nSPS) is 18.3. The van der Waals surface area contributed by atoms with E-state index >= 15 is 0 Å². The maximum absolute atomic E-state index is 12.8. The van der Waals surface area contributed by atoms with E-state index in [1.165, 1.54) is 0 Å². The van der Waals surface area contributed by atoms with Crippen LogP contribution in [0.15, 0.2) is 54.6 Å². The fourth-order valence-corrected chi connectivity index (χ4v) is 3.52. The van der Waals surface area contributed by atoms with Crippen molar-refractivity contribution in [3.63, 3.8) is 0 Å². The van der Waals surface area contributed by atoms with Crippen LogP contribution in [-0.4, -0.2) is 60.1 Å². The molecule has 1 fully saturated rings. The van der Waals surface area contributed by atoms with Gasteiger partial charge in [0.25, 0.3) is 0 Å². The number of hydrogen-bond acceptors (Lipinski definition) is 4. The molecule has 0 bridgehead atoms. The second kappa shape index (κ2) is 9.22. The number of amides is 1. The van der Waals surface area contributed by atoms with Crippen molar-refractivity contribution >= 4 is 23.2 Å². The highest BCUT2D eigenvalue weighted by molar-refractivity contribution is 6.30. The summed E-state index contributed by atoms with van der Waals surface area (Å²) in [5.74, 6) is 0.0125. The fourth-order valence-electron chi connectivity index (χ4n) is 3.39. The Kier molecular flexibility index (Phi) is 6.72. The molecule has 0 saturated carbocycles. The van der Waals surface area contributed by atoms with Gasteiger partial charge >= 0.3 is 0 Å². The van der Waals surface area contributed by atoms with Gasteiger partial charge < -0.3 is 15.3 Å². The Morgan fingerprint density at radius 2 is 1.96 bits per heavy atom. The summed E-state index contributed by atoms with van der Waals surface area (Å²) in [7, 11) is 1.84. The van der Waals surface area contributed by atoms with Gasteiger partial charge in [-0.3, -0.25) is 9.69 Å². The van der Waals surface area contributed by atoms with E-state index in [4.69, 9.17) is 11.6 Å². The molecule has 2 N–H and O–H groups in total. The molecular formula is C21H26ClN3O2. The Bertz CT molecular complexity index is 739. The number of aliphatic hydroxyl groups excluding tert-OH is 1. The summed E-state index contributed by atoms with van der Waals surface area (Å²) in [6.07, 6.45) is 0.520. The lowest BCUT2D eigenvalue weighted by atomic mass is 10.0. The Morgan fingerprint density at radius 1 is 1.26 bits per heavy atom. The van der Waals surface area contributed by atoms with Gasteiger partial charge in [0, 0.05) is 37.4 Å². The van der Waals surface area contributed by atoms with Crippen LogP contribution in [0, 0.1) is 0 Å². The van der Waals surface area contributed by atoms with Gasteiger partial charge in [0.2, 0.25) is 5.91 Å². The molecule has 27 heavy (non-hydrogen) atoms. The highest BCUT2D eigenvalue weighted by Crippen LogP contribution is 2.23. The minimum absolute atomic E-state index is 0.0125. The molecule has 2 aromatic rings. The van der Waals surface area contributed by atoms with Crippen molar-refractivity contribution in [1.29, 1.82) is 0 Å². The number of anilines is 1. The molecule has 0 radical (unpaired) electrons. The number of rotatable bonds is 7. The van der Waals surface area contributed by atoms with Crippen LogP contribution < -0.4 is 5.32 Å². The molecule has 1 aliphatic heterocycles. The lowest BCUT2D eigenvalue weighted by Gasteiger charge is -2.32. The number of carbonyl (C=O) groups is 1. The number of nitrogens with one attached hydrogen (secondary N) is 1. The second-order valence-electron chi connectivity index (χ2n) is 6.99. The predicted octanol–water partition coefficient (Wildman–Crippen LogP) is 3.02. The lowest BCUT2D eigenvalue weighted by molar-refractivity contribution is -0.130. The Labute approximate surface area is 165 Å². The number of hydrogen-bond donors (Lipinski definition) is 2. The van der Waals surface area contributed by atoms with Crippen molar-refractivity contribution in [3.8, 4) is 0 Å². The number of β-amino-alcohol motifs (C(OH)–C–C–N with tert-alkyl or cyclic N) is 1. The van der Waals surface area contributed by atoms with E-state index in [-0.39, 0.29) is 24.6 Å². The van der Waals surface area contributed by atoms with Gasteiger partial charge in [-0.15, -0.1) is 0 Å². The SMILES string of the molecule is CN(C(=O)CNc1ccc(Cl)cc1)C(CN1CCC(O)C1)c1ccccc1. The monoisotopic (exact) mass is 387 g/mol. The molecular weight excluding hydrogens is 362 g/mol. The third-order valence-corrected chi connectivity index (χ3v) is 5.26. The molecule has 0 aliphatic carbocycles. The summed E-state index contributed by atoms with van der Waals surface area (Å²) in [6, 6.07) is 17.3. The molecule has 2 aromatic carbocycles. The molecule has 2 atom stereocenters. The summed E-state index contributed by atoms with van der Waals surface area (Å²) in [5.41, 5.74) is 1.96. The highest BCUT2D eigenvalue weighted by atomic mass is 35.5. The first-order chi connectivity index (χ1) is 13.0. The van der Waals surface area contributed by atoms with E-state index in [2.05, 4.69) is 10.2 Å². The number of carbonyl (C=O) groups excluding carboxylic acids is 1. The average Bonchev–Trinajstić information content (AvgIpc) is 3.10. The summed E-state index contributed by atoms with van der Waals surface area (Å²) in [4.78, 5) is 16.8. The number of halogens is 1. The van der Waals surface area contributed by atoms with Gasteiger partial charge in [-0.2, -0.15) is 0 Å². The number of benzene rings is 2. The van der Waals surface area contributed by atoms with Gasteiger partial charge in [0.1, 0.15) is 0 Å². The topological polar surface area (TPSA) is 55.8 Å². The standard InChI is InChI=1S/C21H26ClN3O2/c1-24(21(27)13-23-18-9-7-17(22)8-10-18)20(16-5-3-2-4-6-16)15-25-12-11-19(26)14-25/h2-10,19-20,23,26H,11-15H2,1H3. The van der Waals surface area contributed by atoms with Crippen molar-refractivity contribution in [2.45, 2.75) is 18.6 Å². The molecule has 1 amide bonds. The lowest BCUT2D eigenvalue weighted by Crippen LogP contribution is -2.41. The van der Waals surface area contributed by atoms with Gasteiger partial charge in [-0.25, -0.2) is 0 Å². The Hall–Kier alpha value is -2.08. The number of aliphatic hydroxyl groups is 1. The minimum atomic E-state index is -0.269. The van der Waals surface area contributed by atoms with E-state index in [1.807, 2.05) is 49.5 Å². The number of likely N-dealkylation sites (tertiary alicyclic amines) is 1. The van der Waals surface area contributed by atoms with E-state index in [0.29, 0.717) is 18.1 Å². The molecule has 2 unspecified atom stereocenters. The minimum Gasteiger partial charge on any atom is -0.392 e. The van der Waals surface area contributed by atoms with E-state index in [0.717, 1.165) is 24.2 Å². The maximum atomic E-state index is 12.8. The number of likely N-dealkylation sites (N-methyl/N-ethyl adjacent to an activating group) is 1. The molecule has 3 rings (SSSR count). The first-order valence-corrected chi connectivity index (χ1v) is 9.61. The molecule has 144 valence electrons. The van der Waals surface area contributed by atoms with E-state index in [1.54, 1.807) is 17.0 Å². The second-order valence-corrected chi connectivity index (χ2v) is 7.43. The van der Waals surface area contributed by atoms with Crippen LogP contribution in [0.4, 0.5) is 5.69 Å². The first kappa shape index (κ1) is 19.7. The van der Waals surface area contributed by atoms with Crippen LogP contribution >= 0.6 is 11.6 Å². The van der Waals surface area contributed by atoms with E-state index in [9.17, 15) is 9.90 Å². The summed E-state index contributed by atoms with van der Waals surface area (Å²) >= 11 is 5.90. The van der Waals surface area contributed by atoms with Crippen LogP contribution in [-0.2, 0) is 4.79 Å². The van der Waals surface area contributed by atoms with Gasteiger partial charge in [0.05, 0.1) is 18.7 Å². The zero-order valence-corrected chi connectivity index (χ0v) is 16.3. The van der Waals surface area contributed by atoms with E-state index < -0.39 is 0 Å². The van der Waals surface area contributed by atoms with Crippen molar-refractivity contribution < 1.29 is 9.90 Å². The highest BCUT2D eigenvalue weighted by Gasteiger charge is 2.27. The smallest absolute Gasteiger partial charge is 0.242 e. The van der Waals surface area contributed by atoms with Gasteiger partial charge in [0.15, 0.2) is 0 Å². The van der Waals surface area contributed by atoms with Gasteiger partial charge in [-0.1, -0.05) is 41.9 Å². The van der Waals surface area contributed by atoms with Crippen LogP contribution in [0.2, 0.25) is 5.02 Å². The van der Waals surface area contributed by atoms with Crippen molar-refractivity contribution in [2.75, 3.05) is 38.5 Å². The van der Waals surface area contributed by atoms with Gasteiger partial charge in [-0.05, 0) is 36.2 Å². The average molecular weight is 388 g/mol. The third kappa shape index (κ3) is 5.45. The van der Waals surface area contributed by atoms with Crippen LogP contribution in [0.3, 0.4) is 0 Å². The zero-order valence-electron chi connectivity index (χ0n) is 15.5. The summed E-state index contributed by atoms with van der Waals surface area (Å²) in [5, 5.41) is 13.6. The Balaban J connectivity index is 1.66. The zero-order chi connectivity index (χ0) is 19.2. The molecule has 6 heteroatoms. The molecule has 1 aliphatic rings. The van der Waals surface area contributed by atoms with Crippen molar-refractivity contribution in [2.24, 2.45) is 0 Å². The number of nitrogens with zero attached hydrogens (tertiary/aromatic N) is 2. The van der Waals surface area contributed by atoms with Crippen LogP contribution in [0.5, 0.6) is 0 Å². The van der Waals surface area contributed by atoms with Crippen LogP contribution in [0.25, 0.3) is 0 Å². The quantitative estimate of drug-likeness (QED) is 0.766. The van der Waals surface area contributed by atoms with Crippen LogP contribution in [0.1, 0.15) is 18.0 Å². The van der Waals surface area contributed by atoms with Crippen molar-refractivity contribution in [3.05, 3.63) is 65.2 Å². The fraction of sp³-hybridized carbons (Fsp3) is 0.381. The van der Waals surface area contributed by atoms with Crippen molar-refractivity contribution in [1.82, 2.24) is 9.80 Å². The maximum Gasteiger partial charge on any atom is 0.242 e. The molecule has 1 heterocycles. The largest absolute Gasteiger partial charge is 0.392 e. The molecule has 0 aromatic heterocycles. The predicted molar refractivity (Wildman–Crippen MR) is 109 cm³/mol. The molecule has 5 nitrogen and oxygen atoms in total. The first-order valence-electron chi connectivity index (χ1n) is 9.23. The Morgan fingerprint density at radius 3 is 2.59 bits per heavy atom. The third-order valence-electron chi connectivity index (χ3n) is 5.01. The summed E-state index contributed by atoms with van der Waals surface area (Å²) in [6.45, 7) is 2.44. The molecule has 1 saturated heterocycles. The molecule has 0 spiro atoms.